The van der Waals surface area contributed by atoms with Gasteiger partial charge in [-0.1, -0.05) is 30.7 Å². The van der Waals surface area contributed by atoms with Gasteiger partial charge in [-0.05, 0) is 112 Å². The van der Waals surface area contributed by atoms with E-state index in [9.17, 15) is 14.7 Å². The van der Waals surface area contributed by atoms with Crippen molar-refractivity contribution >= 4 is 17.6 Å². The Morgan fingerprint density at radius 1 is 1.05 bits per heavy atom. The minimum absolute atomic E-state index is 0.0226. The molecule has 1 amide bonds. The van der Waals surface area contributed by atoms with Crippen LogP contribution in [0.2, 0.25) is 0 Å². The standard InChI is InChI=1S/C30H44N2O5/c1-28-13-10-22(32-37-18-26(33)31-17-19-4-6-20(7-5-19)27(34)35)16-21(28)8-9-23-24(28)11-14-29(2)25(23)12-15-30(29,3)36/h10,13,16,19-20,23-25,36H,4-9,11-12,14-15,17-18H2,1-3H3,(H,31,33)(H,34,35)/b32-22+/t19?,20?,23-,24-,25+,28+,29+,30+/m1/s1. The van der Waals surface area contributed by atoms with Crippen LogP contribution in [-0.4, -0.2) is 46.6 Å². The molecule has 0 heterocycles. The van der Waals surface area contributed by atoms with Gasteiger partial charge in [-0.2, -0.15) is 0 Å². The fourth-order valence-corrected chi connectivity index (χ4v) is 8.60. The Hall–Kier alpha value is -2.15. The molecule has 5 rings (SSSR count). The van der Waals surface area contributed by atoms with Crippen molar-refractivity contribution in [3.05, 3.63) is 23.8 Å². The third-order valence-corrected chi connectivity index (χ3v) is 11.3. The summed E-state index contributed by atoms with van der Waals surface area (Å²) in [5, 5.41) is 27.4. The van der Waals surface area contributed by atoms with Crippen molar-refractivity contribution in [2.75, 3.05) is 13.2 Å². The number of carboxylic acids is 1. The van der Waals surface area contributed by atoms with Gasteiger partial charge in [0.2, 0.25) is 0 Å². The van der Waals surface area contributed by atoms with Gasteiger partial charge in [-0.3, -0.25) is 9.59 Å². The van der Waals surface area contributed by atoms with Crippen molar-refractivity contribution in [1.29, 1.82) is 0 Å². The van der Waals surface area contributed by atoms with E-state index in [1.165, 1.54) is 12.0 Å². The average molecular weight is 513 g/mol. The molecule has 0 saturated heterocycles. The van der Waals surface area contributed by atoms with Crippen LogP contribution in [-0.2, 0) is 14.4 Å². The summed E-state index contributed by atoms with van der Waals surface area (Å²) in [6.45, 7) is 7.20. The van der Waals surface area contributed by atoms with Crippen LogP contribution < -0.4 is 5.32 Å². The van der Waals surface area contributed by atoms with Crippen molar-refractivity contribution in [1.82, 2.24) is 5.32 Å². The molecule has 7 nitrogen and oxygen atoms in total. The molecule has 0 unspecified atom stereocenters. The number of carbonyl (C=O) groups excluding carboxylic acids is 1. The normalized spacial score (nSPS) is 43.8. The molecular formula is C30H44N2O5. The second-order valence-corrected chi connectivity index (χ2v) is 13.1. The van der Waals surface area contributed by atoms with Crippen LogP contribution in [0, 0.1) is 40.4 Å². The molecule has 0 aromatic heterocycles. The molecule has 3 N–H and O–H groups in total. The summed E-state index contributed by atoms with van der Waals surface area (Å²) >= 11 is 0. The van der Waals surface area contributed by atoms with Crippen LogP contribution in [0.3, 0.4) is 0 Å². The number of oxime groups is 1. The van der Waals surface area contributed by atoms with E-state index >= 15 is 0 Å². The van der Waals surface area contributed by atoms with E-state index in [0.29, 0.717) is 43.1 Å². The van der Waals surface area contributed by atoms with Gasteiger partial charge in [-0.15, -0.1) is 0 Å². The second-order valence-electron chi connectivity index (χ2n) is 13.1. The number of carboxylic acid groups (broad SMARTS) is 1. The van der Waals surface area contributed by atoms with Gasteiger partial charge in [0, 0.05) is 12.0 Å². The molecule has 5 aliphatic rings. The highest BCUT2D eigenvalue weighted by molar-refractivity contribution is 6.05. The quantitative estimate of drug-likeness (QED) is 0.441. The summed E-state index contributed by atoms with van der Waals surface area (Å²) in [5.74, 6) is 1.03. The minimum atomic E-state index is -0.708. The molecule has 0 radical (unpaired) electrons. The SMILES string of the molecule is C[C@]12C=C/C(=N\OCC(=O)NCC3CCC(C(=O)O)CC3)C=C1CC[C@@H]1[C@H]2CC[C@@]2(C)[C@H]1CC[C@]2(C)O. The Labute approximate surface area is 220 Å². The molecule has 0 aromatic rings. The topological polar surface area (TPSA) is 108 Å². The van der Waals surface area contributed by atoms with Gasteiger partial charge in [0.15, 0.2) is 6.61 Å². The maximum atomic E-state index is 12.2. The fraction of sp³-hybridized carbons (Fsp3) is 0.767. The van der Waals surface area contributed by atoms with Crippen LogP contribution in [0.1, 0.15) is 85.0 Å². The number of hydrogen-bond acceptors (Lipinski definition) is 5. The molecular weight excluding hydrogens is 468 g/mol. The molecule has 37 heavy (non-hydrogen) atoms. The van der Waals surface area contributed by atoms with Gasteiger partial charge in [0.1, 0.15) is 5.71 Å². The zero-order chi connectivity index (χ0) is 26.4. The van der Waals surface area contributed by atoms with E-state index in [0.717, 1.165) is 50.7 Å². The third kappa shape index (κ3) is 4.77. The first-order valence-electron chi connectivity index (χ1n) is 14.4. The fourth-order valence-electron chi connectivity index (χ4n) is 8.60. The molecule has 0 aromatic carbocycles. The van der Waals surface area contributed by atoms with Crippen molar-refractivity contribution < 1.29 is 24.6 Å². The van der Waals surface area contributed by atoms with Crippen LogP contribution in [0.15, 0.2) is 29.0 Å². The van der Waals surface area contributed by atoms with Gasteiger partial charge < -0.3 is 20.4 Å². The molecule has 0 aliphatic heterocycles. The number of rotatable bonds is 6. The lowest BCUT2D eigenvalue weighted by Crippen LogP contribution is -2.53. The average Bonchev–Trinajstić information content (AvgIpc) is 3.11. The first-order chi connectivity index (χ1) is 17.5. The molecule has 4 fully saturated rings. The van der Waals surface area contributed by atoms with Crippen molar-refractivity contribution in [2.24, 2.45) is 45.6 Å². The Kier molecular flexibility index (Phi) is 7.05. The largest absolute Gasteiger partial charge is 0.481 e. The van der Waals surface area contributed by atoms with Gasteiger partial charge >= 0.3 is 5.97 Å². The number of carbonyl (C=O) groups is 2. The number of fused-ring (bicyclic) bond motifs is 5. The lowest BCUT2D eigenvalue weighted by Gasteiger charge is -2.58. The van der Waals surface area contributed by atoms with Gasteiger partial charge in [-0.25, -0.2) is 0 Å². The summed E-state index contributed by atoms with van der Waals surface area (Å²) in [6, 6.07) is 0. The van der Waals surface area contributed by atoms with Gasteiger partial charge in [0.25, 0.3) is 5.91 Å². The van der Waals surface area contributed by atoms with E-state index in [1.54, 1.807) is 0 Å². The highest BCUT2D eigenvalue weighted by Crippen LogP contribution is 2.66. The lowest BCUT2D eigenvalue weighted by atomic mass is 9.47. The molecule has 5 aliphatic carbocycles. The summed E-state index contributed by atoms with van der Waals surface area (Å²) in [4.78, 5) is 28.7. The number of nitrogens with one attached hydrogen (secondary N) is 1. The summed E-state index contributed by atoms with van der Waals surface area (Å²) < 4.78 is 0. The first kappa shape index (κ1) is 26.5. The van der Waals surface area contributed by atoms with E-state index in [-0.39, 0.29) is 29.3 Å². The van der Waals surface area contributed by atoms with Crippen LogP contribution >= 0.6 is 0 Å². The van der Waals surface area contributed by atoms with Crippen molar-refractivity contribution in [3.8, 4) is 0 Å². The van der Waals surface area contributed by atoms with Gasteiger partial charge in [0.05, 0.1) is 11.5 Å². The smallest absolute Gasteiger partial charge is 0.306 e. The van der Waals surface area contributed by atoms with Crippen molar-refractivity contribution in [3.63, 3.8) is 0 Å². The van der Waals surface area contributed by atoms with E-state index in [1.807, 2.05) is 6.08 Å². The van der Waals surface area contributed by atoms with Crippen molar-refractivity contribution in [2.45, 2.75) is 90.6 Å². The van der Waals surface area contributed by atoms with Crippen LogP contribution in [0.4, 0.5) is 0 Å². The Balaban J connectivity index is 1.13. The monoisotopic (exact) mass is 512 g/mol. The van der Waals surface area contributed by atoms with E-state index in [4.69, 9.17) is 9.94 Å². The molecule has 7 heteroatoms. The predicted molar refractivity (Wildman–Crippen MR) is 142 cm³/mol. The van der Waals surface area contributed by atoms with Crippen LogP contribution in [0.5, 0.6) is 0 Å². The number of hydrogen-bond donors (Lipinski definition) is 3. The molecule has 204 valence electrons. The Bertz CT molecular complexity index is 1010. The highest BCUT2D eigenvalue weighted by Gasteiger charge is 2.61. The number of nitrogens with zero attached hydrogens (tertiary/aromatic N) is 1. The zero-order valence-corrected chi connectivity index (χ0v) is 22.7. The minimum Gasteiger partial charge on any atom is -0.481 e. The third-order valence-electron chi connectivity index (χ3n) is 11.3. The molecule has 4 saturated carbocycles. The second kappa shape index (κ2) is 9.87. The van der Waals surface area contributed by atoms with Crippen LogP contribution in [0.25, 0.3) is 0 Å². The summed E-state index contributed by atoms with van der Waals surface area (Å²) in [6.07, 6.45) is 16.0. The number of amides is 1. The Morgan fingerprint density at radius 3 is 2.51 bits per heavy atom. The maximum absolute atomic E-state index is 12.2. The summed E-state index contributed by atoms with van der Waals surface area (Å²) in [7, 11) is 0. The highest BCUT2D eigenvalue weighted by atomic mass is 16.6. The molecule has 6 atom stereocenters. The Morgan fingerprint density at radius 2 is 1.78 bits per heavy atom. The summed E-state index contributed by atoms with van der Waals surface area (Å²) in [5.41, 5.74) is 1.67. The maximum Gasteiger partial charge on any atom is 0.306 e. The number of allylic oxidation sites excluding steroid dienone is 4. The number of aliphatic carboxylic acids is 1. The predicted octanol–water partition coefficient (Wildman–Crippen LogP) is 4.86. The molecule has 0 spiro atoms. The van der Waals surface area contributed by atoms with E-state index < -0.39 is 11.6 Å². The number of aliphatic hydroxyl groups is 1. The molecule has 0 bridgehead atoms. The first-order valence-corrected chi connectivity index (χ1v) is 14.4. The lowest BCUT2D eigenvalue weighted by molar-refractivity contribution is -0.143. The van der Waals surface area contributed by atoms with E-state index in [2.05, 4.69) is 43.4 Å². The zero-order valence-electron chi connectivity index (χ0n) is 22.7.